The third kappa shape index (κ3) is 6.69. The molecule has 0 bridgehead atoms. The standard InChI is InChI=1S/C21H18Cl2N2O5/c1-3-29-20(26)12-30-18-5-4-13(7-19(18)28-2)6-14(11-24)21(27)25-17-9-15(22)8-16(23)10-17/h4-10H,3,12H2,1-2H3,(H,25,27). The minimum absolute atomic E-state index is 0.145. The van der Waals surface area contributed by atoms with Crippen molar-refractivity contribution in [2.24, 2.45) is 0 Å². The Hall–Kier alpha value is -3.21. The number of hydrogen-bond donors (Lipinski definition) is 1. The first kappa shape index (κ1) is 23.1. The Balaban J connectivity index is 2.18. The Morgan fingerprint density at radius 3 is 2.43 bits per heavy atom. The molecular formula is C21H18Cl2N2O5. The van der Waals surface area contributed by atoms with Crippen LogP contribution in [0.5, 0.6) is 11.5 Å². The van der Waals surface area contributed by atoms with E-state index >= 15 is 0 Å². The normalized spacial score (nSPS) is 10.7. The molecule has 0 atom stereocenters. The first-order valence-corrected chi connectivity index (χ1v) is 9.47. The molecule has 0 aliphatic carbocycles. The van der Waals surface area contributed by atoms with E-state index in [9.17, 15) is 14.9 Å². The smallest absolute Gasteiger partial charge is 0.344 e. The molecule has 30 heavy (non-hydrogen) atoms. The molecule has 0 unspecified atom stereocenters. The Morgan fingerprint density at radius 1 is 1.13 bits per heavy atom. The highest BCUT2D eigenvalue weighted by molar-refractivity contribution is 6.35. The number of nitrogens with zero attached hydrogens (tertiary/aromatic N) is 1. The molecule has 7 nitrogen and oxygen atoms in total. The van der Waals surface area contributed by atoms with Gasteiger partial charge in [0.15, 0.2) is 18.1 Å². The van der Waals surface area contributed by atoms with Gasteiger partial charge < -0.3 is 19.5 Å². The minimum atomic E-state index is -0.627. The molecule has 0 saturated carbocycles. The lowest BCUT2D eigenvalue weighted by molar-refractivity contribution is -0.145. The highest BCUT2D eigenvalue weighted by atomic mass is 35.5. The lowest BCUT2D eigenvalue weighted by Gasteiger charge is -2.11. The average Bonchev–Trinajstić information content (AvgIpc) is 2.70. The fourth-order valence-electron chi connectivity index (χ4n) is 2.37. The quantitative estimate of drug-likeness (QED) is 0.362. The Morgan fingerprint density at radius 2 is 1.83 bits per heavy atom. The van der Waals surface area contributed by atoms with E-state index < -0.39 is 11.9 Å². The van der Waals surface area contributed by atoms with Gasteiger partial charge in [-0.15, -0.1) is 0 Å². The van der Waals surface area contributed by atoms with Crippen LogP contribution in [-0.4, -0.2) is 32.2 Å². The van der Waals surface area contributed by atoms with Gasteiger partial charge in [0, 0.05) is 15.7 Å². The highest BCUT2D eigenvalue weighted by Crippen LogP contribution is 2.29. The van der Waals surface area contributed by atoms with E-state index in [2.05, 4.69) is 5.32 Å². The van der Waals surface area contributed by atoms with Crippen LogP contribution in [0.3, 0.4) is 0 Å². The van der Waals surface area contributed by atoms with Crippen LogP contribution in [0.1, 0.15) is 12.5 Å². The summed E-state index contributed by atoms with van der Waals surface area (Å²) in [5.41, 5.74) is 0.735. The minimum Gasteiger partial charge on any atom is -0.493 e. The zero-order chi connectivity index (χ0) is 22.1. The van der Waals surface area contributed by atoms with Gasteiger partial charge in [0.2, 0.25) is 0 Å². The summed E-state index contributed by atoms with van der Waals surface area (Å²) in [4.78, 5) is 23.9. The van der Waals surface area contributed by atoms with Gasteiger partial charge in [-0.25, -0.2) is 4.79 Å². The maximum Gasteiger partial charge on any atom is 0.344 e. The summed E-state index contributed by atoms with van der Waals surface area (Å²) in [5, 5.41) is 12.7. The van der Waals surface area contributed by atoms with Crippen molar-refractivity contribution < 1.29 is 23.8 Å². The van der Waals surface area contributed by atoms with Gasteiger partial charge in [-0.2, -0.15) is 5.26 Å². The summed E-state index contributed by atoms with van der Waals surface area (Å²) in [6, 6.07) is 11.2. The van der Waals surface area contributed by atoms with Crippen molar-refractivity contribution in [2.45, 2.75) is 6.92 Å². The SMILES string of the molecule is CCOC(=O)COc1ccc(C=C(C#N)C(=O)Nc2cc(Cl)cc(Cl)c2)cc1OC. The summed E-state index contributed by atoms with van der Waals surface area (Å²) in [6.45, 7) is 1.68. The number of carbonyl (C=O) groups excluding carboxylic acids is 2. The van der Waals surface area contributed by atoms with Crippen LogP contribution >= 0.6 is 23.2 Å². The summed E-state index contributed by atoms with van der Waals surface area (Å²) in [7, 11) is 1.43. The number of esters is 1. The molecule has 0 aliphatic rings. The zero-order valence-corrected chi connectivity index (χ0v) is 17.7. The Kier molecular flexibility index (Phi) is 8.54. The number of nitrogens with one attached hydrogen (secondary N) is 1. The van der Waals surface area contributed by atoms with Gasteiger partial charge in [0.05, 0.1) is 13.7 Å². The molecule has 2 rings (SSSR count). The van der Waals surface area contributed by atoms with Crippen LogP contribution in [0.15, 0.2) is 42.0 Å². The van der Waals surface area contributed by atoms with Crippen LogP contribution in [0.2, 0.25) is 10.0 Å². The van der Waals surface area contributed by atoms with Gasteiger partial charge in [-0.05, 0) is 48.9 Å². The number of hydrogen-bond acceptors (Lipinski definition) is 6. The fourth-order valence-corrected chi connectivity index (χ4v) is 2.90. The summed E-state index contributed by atoms with van der Waals surface area (Å²) in [6.07, 6.45) is 1.39. The third-order valence-corrected chi connectivity index (χ3v) is 4.07. The first-order valence-electron chi connectivity index (χ1n) is 8.72. The van der Waals surface area contributed by atoms with Crippen LogP contribution in [0.25, 0.3) is 6.08 Å². The largest absolute Gasteiger partial charge is 0.493 e. The van der Waals surface area contributed by atoms with Crippen molar-refractivity contribution in [3.8, 4) is 17.6 Å². The number of benzene rings is 2. The van der Waals surface area contributed by atoms with Gasteiger partial charge in [0.1, 0.15) is 11.6 Å². The van der Waals surface area contributed by atoms with Crippen molar-refractivity contribution in [1.82, 2.24) is 0 Å². The van der Waals surface area contributed by atoms with Gasteiger partial charge in [-0.3, -0.25) is 4.79 Å². The maximum atomic E-state index is 12.4. The molecule has 0 fully saturated rings. The van der Waals surface area contributed by atoms with Crippen molar-refractivity contribution in [2.75, 3.05) is 25.6 Å². The Bertz CT molecular complexity index is 995. The van der Waals surface area contributed by atoms with Gasteiger partial charge in [-0.1, -0.05) is 29.3 Å². The van der Waals surface area contributed by atoms with E-state index in [1.54, 1.807) is 25.1 Å². The molecule has 1 N–H and O–H groups in total. The number of methoxy groups -OCH3 is 1. The highest BCUT2D eigenvalue weighted by Gasteiger charge is 2.13. The first-order chi connectivity index (χ1) is 14.4. The number of anilines is 1. The van der Waals surface area contributed by atoms with Crippen molar-refractivity contribution >= 4 is 46.8 Å². The van der Waals surface area contributed by atoms with E-state index in [1.165, 1.54) is 31.4 Å². The topological polar surface area (TPSA) is 97.7 Å². The van der Waals surface area contributed by atoms with E-state index in [-0.39, 0.29) is 18.8 Å². The summed E-state index contributed by atoms with van der Waals surface area (Å²) < 4.78 is 15.5. The average molecular weight is 449 g/mol. The number of rotatable bonds is 8. The van der Waals surface area contributed by atoms with E-state index in [0.717, 1.165) is 0 Å². The molecule has 0 aromatic heterocycles. The van der Waals surface area contributed by atoms with Gasteiger partial charge in [0.25, 0.3) is 5.91 Å². The molecule has 2 aromatic carbocycles. The number of ether oxygens (including phenoxy) is 3. The molecule has 0 spiro atoms. The molecule has 0 saturated heterocycles. The maximum absolute atomic E-state index is 12.4. The summed E-state index contributed by atoms with van der Waals surface area (Å²) in [5.74, 6) is -0.489. The molecular weight excluding hydrogens is 431 g/mol. The number of halogens is 2. The molecule has 9 heteroatoms. The number of carbonyl (C=O) groups is 2. The fraction of sp³-hybridized carbons (Fsp3) is 0.190. The second-order valence-electron chi connectivity index (χ2n) is 5.79. The molecule has 0 heterocycles. The third-order valence-electron chi connectivity index (χ3n) is 3.64. The second kappa shape index (κ2) is 11.1. The molecule has 1 amide bonds. The lowest BCUT2D eigenvalue weighted by atomic mass is 10.1. The number of amides is 1. The molecule has 2 aromatic rings. The lowest BCUT2D eigenvalue weighted by Crippen LogP contribution is -2.15. The van der Waals surface area contributed by atoms with E-state index in [1.807, 2.05) is 6.07 Å². The summed E-state index contributed by atoms with van der Waals surface area (Å²) >= 11 is 11.8. The van der Waals surface area contributed by atoms with Crippen LogP contribution in [-0.2, 0) is 14.3 Å². The van der Waals surface area contributed by atoms with Crippen LogP contribution in [0.4, 0.5) is 5.69 Å². The molecule has 0 aliphatic heterocycles. The van der Waals surface area contributed by atoms with Crippen LogP contribution in [0, 0.1) is 11.3 Å². The van der Waals surface area contributed by atoms with Crippen molar-refractivity contribution in [3.63, 3.8) is 0 Å². The van der Waals surface area contributed by atoms with Crippen molar-refractivity contribution in [1.29, 1.82) is 5.26 Å². The van der Waals surface area contributed by atoms with E-state index in [4.69, 9.17) is 37.4 Å². The van der Waals surface area contributed by atoms with Crippen LogP contribution < -0.4 is 14.8 Å². The monoisotopic (exact) mass is 448 g/mol. The molecule has 156 valence electrons. The van der Waals surface area contributed by atoms with E-state index in [0.29, 0.717) is 32.8 Å². The Labute approximate surface area is 183 Å². The second-order valence-corrected chi connectivity index (χ2v) is 6.66. The zero-order valence-electron chi connectivity index (χ0n) is 16.2. The molecule has 0 radical (unpaired) electrons. The van der Waals surface area contributed by atoms with Gasteiger partial charge >= 0.3 is 5.97 Å². The van der Waals surface area contributed by atoms with Crippen molar-refractivity contribution in [3.05, 3.63) is 57.6 Å². The predicted octanol–water partition coefficient (Wildman–Crippen LogP) is 4.49. The predicted molar refractivity (Wildman–Crippen MR) is 114 cm³/mol. The number of nitriles is 1.